The smallest absolute Gasteiger partial charge is 0.252 e. The molecular weight excluding hydrogens is 816 g/mol. The van der Waals surface area contributed by atoms with Crippen molar-refractivity contribution in [2.75, 3.05) is 9.80 Å². The van der Waals surface area contributed by atoms with Crippen LogP contribution in [-0.4, -0.2) is 6.71 Å². The summed E-state index contributed by atoms with van der Waals surface area (Å²) in [5.74, 6) is 0. The van der Waals surface area contributed by atoms with Crippen molar-refractivity contribution in [2.24, 2.45) is 0 Å². The zero-order chi connectivity index (χ0) is 45.3. The van der Waals surface area contributed by atoms with Crippen LogP contribution in [0.4, 0.5) is 34.1 Å². The van der Waals surface area contributed by atoms with Crippen LogP contribution in [0.5, 0.6) is 0 Å². The van der Waals surface area contributed by atoms with Crippen molar-refractivity contribution >= 4 is 101 Å². The molecule has 4 heterocycles. The van der Waals surface area contributed by atoms with Crippen molar-refractivity contribution in [1.82, 2.24) is 0 Å². The molecule has 2 aliphatic heterocycles. The minimum absolute atomic E-state index is 0.0193. The number of benzene rings is 9. The van der Waals surface area contributed by atoms with Crippen molar-refractivity contribution in [3.63, 3.8) is 0 Å². The molecule has 0 atom stereocenters. The molecule has 2 aliphatic rings. The van der Waals surface area contributed by atoms with Gasteiger partial charge in [0, 0.05) is 55.7 Å². The predicted molar refractivity (Wildman–Crippen MR) is 283 cm³/mol. The molecular formula is C62H49BN2O2. The van der Waals surface area contributed by atoms with Crippen LogP contribution < -0.4 is 26.2 Å². The highest BCUT2D eigenvalue weighted by atomic mass is 16.3. The van der Waals surface area contributed by atoms with Gasteiger partial charge in [0.15, 0.2) is 0 Å². The zero-order valence-corrected chi connectivity index (χ0v) is 38.7. The Morgan fingerprint density at radius 2 is 0.776 bits per heavy atom. The third-order valence-corrected chi connectivity index (χ3v) is 14.4. The van der Waals surface area contributed by atoms with Crippen LogP contribution >= 0.6 is 0 Å². The van der Waals surface area contributed by atoms with Crippen molar-refractivity contribution in [3.8, 4) is 22.3 Å². The number of anilines is 6. The molecule has 0 unspecified atom stereocenters. The van der Waals surface area contributed by atoms with E-state index in [4.69, 9.17) is 8.83 Å². The monoisotopic (exact) mass is 864 g/mol. The molecule has 4 nitrogen and oxygen atoms in total. The maximum atomic E-state index is 6.31. The zero-order valence-electron chi connectivity index (χ0n) is 38.7. The second kappa shape index (κ2) is 14.4. The van der Waals surface area contributed by atoms with Gasteiger partial charge in [-0.2, -0.15) is 0 Å². The molecule has 0 saturated heterocycles. The van der Waals surface area contributed by atoms with E-state index in [0.29, 0.717) is 0 Å². The van der Waals surface area contributed by atoms with Crippen molar-refractivity contribution < 1.29 is 8.83 Å². The molecule has 0 radical (unpaired) electrons. The second-order valence-corrected chi connectivity index (χ2v) is 20.5. The standard InChI is InChI=1S/C62H49BN2O2/c1-61(2,3)40-28-34-50-48(36-40)63-49-37-41(62(4,5)6)29-35-51(49)65(43-32-26-39(27-33-43)45-17-12-23-57-59(45)47-15-8-10-21-55(47)67-57)53-19-13-18-52(60(53)63)64(50)42-30-24-38(25-31-42)44-16-11-22-56-58(44)46-14-7-9-20-54(46)66-56/h7-37H,1-6H3. The molecule has 67 heavy (non-hydrogen) atoms. The Kier molecular flexibility index (Phi) is 8.49. The first-order valence-corrected chi connectivity index (χ1v) is 23.5. The average Bonchev–Trinajstić information content (AvgIpc) is 3.92. The van der Waals surface area contributed by atoms with Crippen molar-refractivity contribution in [1.29, 1.82) is 0 Å². The number of nitrogens with zero attached hydrogens (tertiary/aromatic N) is 2. The molecule has 0 amide bonds. The van der Waals surface area contributed by atoms with Crippen LogP contribution in [0.2, 0.25) is 0 Å². The molecule has 0 N–H and O–H groups in total. The molecule has 5 heteroatoms. The lowest BCUT2D eigenvalue weighted by Gasteiger charge is -2.44. The third kappa shape index (κ3) is 6.07. The Hall–Kier alpha value is -7.76. The van der Waals surface area contributed by atoms with Crippen molar-refractivity contribution in [2.45, 2.75) is 52.4 Å². The minimum atomic E-state index is -0.0365. The number of rotatable bonds is 4. The maximum Gasteiger partial charge on any atom is 0.252 e. The van der Waals surface area contributed by atoms with Crippen LogP contribution in [0.1, 0.15) is 52.7 Å². The largest absolute Gasteiger partial charge is 0.456 e. The lowest BCUT2D eigenvalue weighted by molar-refractivity contribution is 0.590. The minimum Gasteiger partial charge on any atom is -0.456 e. The lowest BCUT2D eigenvalue weighted by atomic mass is 9.33. The Morgan fingerprint density at radius 1 is 0.373 bits per heavy atom. The van der Waals surface area contributed by atoms with E-state index in [1.807, 2.05) is 12.1 Å². The van der Waals surface area contributed by atoms with E-state index >= 15 is 0 Å². The first kappa shape index (κ1) is 39.6. The topological polar surface area (TPSA) is 32.8 Å². The lowest BCUT2D eigenvalue weighted by Crippen LogP contribution is -2.61. The van der Waals surface area contributed by atoms with Crippen LogP contribution in [0.3, 0.4) is 0 Å². The molecule has 2 aromatic heterocycles. The summed E-state index contributed by atoms with van der Waals surface area (Å²) in [6, 6.07) is 69.1. The van der Waals surface area contributed by atoms with E-state index in [9.17, 15) is 0 Å². The van der Waals surface area contributed by atoms with Gasteiger partial charge in [0.25, 0.3) is 6.71 Å². The van der Waals surface area contributed by atoms with Crippen LogP contribution in [0.15, 0.2) is 197 Å². The fourth-order valence-corrected chi connectivity index (χ4v) is 11.0. The summed E-state index contributed by atoms with van der Waals surface area (Å²) in [7, 11) is 0. The van der Waals surface area contributed by atoms with Crippen LogP contribution in [0, 0.1) is 0 Å². The third-order valence-electron chi connectivity index (χ3n) is 14.4. The summed E-state index contributed by atoms with van der Waals surface area (Å²) in [5, 5.41) is 4.57. The highest BCUT2D eigenvalue weighted by molar-refractivity contribution is 7.00. The van der Waals surface area contributed by atoms with E-state index < -0.39 is 0 Å². The number of para-hydroxylation sites is 2. The van der Waals surface area contributed by atoms with Gasteiger partial charge >= 0.3 is 0 Å². The molecule has 0 fully saturated rings. The van der Waals surface area contributed by atoms with Gasteiger partial charge < -0.3 is 18.6 Å². The van der Waals surface area contributed by atoms with E-state index in [0.717, 1.165) is 66.4 Å². The van der Waals surface area contributed by atoms with Gasteiger partial charge in [-0.25, -0.2) is 0 Å². The Bertz CT molecular complexity index is 3540. The van der Waals surface area contributed by atoms with Crippen molar-refractivity contribution in [3.05, 3.63) is 199 Å². The number of hydrogen-bond donors (Lipinski definition) is 0. The summed E-state index contributed by atoms with van der Waals surface area (Å²) in [4.78, 5) is 5.01. The fraction of sp³-hybridized carbons (Fsp3) is 0.129. The first-order chi connectivity index (χ1) is 32.5. The summed E-state index contributed by atoms with van der Waals surface area (Å²) in [5.41, 5.74) is 21.9. The number of hydrogen-bond acceptors (Lipinski definition) is 4. The SMILES string of the molecule is CC(C)(C)c1ccc2c(c1)B1c3cc(C(C)(C)C)ccc3N(c3ccc(-c4cccc5oc6ccccc6c45)cc3)c3cccc(c31)N2c1ccc(-c2cccc3oc4ccccc4c23)cc1. The Morgan fingerprint density at radius 3 is 1.21 bits per heavy atom. The normalized spacial score (nSPS) is 13.4. The van der Waals surface area contributed by atoms with E-state index in [-0.39, 0.29) is 17.5 Å². The molecule has 11 aromatic rings. The van der Waals surface area contributed by atoms with Gasteiger partial charge in [0.1, 0.15) is 22.3 Å². The van der Waals surface area contributed by atoms with Gasteiger partial charge in [0.05, 0.1) is 0 Å². The average molecular weight is 865 g/mol. The maximum absolute atomic E-state index is 6.31. The summed E-state index contributed by atoms with van der Waals surface area (Å²) in [6.45, 7) is 14.0. The molecule has 0 saturated carbocycles. The summed E-state index contributed by atoms with van der Waals surface area (Å²) < 4.78 is 12.6. The summed E-state index contributed by atoms with van der Waals surface area (Å²) in [6.07, 6.45) is 0. The molecule has 9 aromatic carbocycles. The van der Waals surface area contributed by atoms with E-state index in [2.05, 4.69) is 227 Å². The summed E-state index contributed by atoms with van der Waals surface area (Å²) >= 11 is 0. The van der Waals surface area contributed by atoms with E-state index in [1.54, 1.807) is 0 Å². The van der Waals surface area contributed by atoms with Gasteiger partial charge in [-0.15, -0.1) is 0 Å². The highest BCUT2D eigenvalue weighted by Crippen LogP contribution is 2.47. The van der Waals surface area contributed by atoms with Crippen LogP contribution in [-0.2, 0) is 10.8 Å². The van der Waals surface area contributed by atoms with Gasteiger partial charge in [-0.3, -0.25) is 0 Å². The van der Waals surface area contributed by atoms with Gasteiger partial charge in [-0.1, -0.05) is 157 Å². The number of fused-ring (bicyclic) bond motifs is 10. The van der Waals surface area contributed by atoms with E-state index in [1.165, 1.54) is 61.4 Å². The number of furan rings is 2. The Labute approximate surface area is 391 Å². The molecule has 0 aliphatic carbocycles. The molecule has 0 spiro atoms. The first-order valence-electron chi connectivity index (χ1n) is 23.5. The van der Waals surface area contributed by atoms with Gasteiger partial charge in [0.2, 0.25) is 0 Å². The predicted octanol–water partition coefficient (Wildman–Crippen LogP) is 15.5. The quantitative estimate of drug-likeness (QED) is 0.165. The van der Waals surface area contributed by atoms with Gasteiger partial charge in [-0.05, 0) is 133 Å². The molecule has 0 bridgehead atoms. The van der Waals surface area contributed by atoms with Crippen LogP contribution in [0.25, 0.3) is 66.1 Å². The Balaban J connectivity index is 0.999. The fourth-order valence-electron chi connectivity index (χ4n) is 11.0. The molecule has 322 valence electrons. The molecule has 13 rings (SSSR count). The second-order valence-electron chi connectivity index (χ2n) is 20.5. The highest BCUT2D eigenvalue weighted by Gasteiger charge is 2.44.